The Labute approximate surface area is 97.8 Å². The number of hydrogen-bond donors (Lipinski definition) is 1. The fraction of sp³-hybridized carbons (Fsp3) is 0.692. The first-order valence-electron chi connectivity index (χ1n) is 6.32. The van der Waals surface area contributed by atoms with Crippen LogP contribution < -0.4 is 5.32 Å². The van der Waals surface area contributed by atoms with E-state index in [1.165, 1.54) is 19.4 Å². The van der Waals surface area contributed by atoms with Gasteiger partial charge in [-0.2, -0.15) is 0 Å². The molecule has 0 bridgehead atoms. The van der Waals surface area contributed by atoms with Crippen LogP contribution in [0.1, 0.15) is 38.5 Å². The molecule has 0 amide bonds. The Hall–Kier alpha value is -0.800. The quantitative estimate of drug-likeness (QED) is 0.829. The lowest BCUT2D eigenvalue weighted by molar-refractivity contribution is 0.181. The maximum absolute atomic E-state index is 5.48. The Kier molecular flexibility index (Phi) is 4.02. The summed E-state index contributed by atoms with van der Waals surface area (Å²) in [4.78, 5) is 2.47. The molecule has 3 nitrogen and oxygen atoms in total. The van der Waals surface area contributed by atoms with E-state index in [4.69, 9.17) is 4.42 Å². The van der Waals surface area contributed by atoms with Gasteiger partial charge in [-0.3, -0.25) is 4.90 Å². The van der Waals surface area contributed by atoms with Crippen LogP contribution in [0.25, 0.3) is 0 Å². The first-order valence-corrected chi connectivity index (χ1v) is 6.32. The summed E-state index contributed by atoms with van der Waals surface area (Å²) in [5.41, 5.74) is 0. The number of furan rings is 1. The van der Waals surface area contributed by atoms with Gasteiger partial charge in [-0.25, -0.2) is 0 Å². The number of rotatable bonds is 5. The fourth-order valence-electron chi connectivity index (χ4n) is 2.47. The van der Waals surface area contributed by atoms with Gasteiger partial charge in [0.05, 0.1) is 12.3 Å². The molecule has 2 atom stereocenters. The normalized spacial score (nSPS) is 22.8. The largest absolute Gasteiger partial charge is 0.468 e. The van der Waals surface area contributed by atoms with Crippen LogP contribution in [-0.4, -0.2) is 30.6 Å². The average Bonchev–Trinajstić information content (AvgIpc) is 2.97. The van der Waals surface area contributed by atoms with Crippen LogP contribution in [-0.2, 0) is 0 Å². The van der Waals surface area contributed by atoms with Gasteiger partial charge in [-0.15, -0.1) is 0 Å². The van der Waals surface area contributed by atoms with Crippen molar-refractivity contribution in [3.63, 3.8) is 0 Å². The van der Waals surface area contributed by atoms with Gasteiger partial charge in [0, 0.05) is 12.6 Å². The fourth-order valence-corrected chi connectivity index (χ4v) is 2.47. The van der Waals surface area contributed by atoms with Crippen molar-refractivity contribution in [1.82, 2.24) is 10.2 Å². The van der Waals surface area contributed by atoms with Crippen LogP contribution in [0.15, 0.2) is 22.8 Å². The standard InChI is InChI=1S/C13H22N2O/c1-3-15(10-12-6-4-8-14-12)11(2)13-7-5-9-16-13/h5,7,9,11-12,14H,3-4,6,8,10H2,1-2H3. The van der Waals surface area contributed by atoms with Gasteiger partial charge in [0.15, 0.2) is 0 Å². The molecule has 90 valence electrons. The van der Waals surface area contributed by atoms with E-state index in [2.05, 4.69) is 30.1 Å². The molecular formula is C13H22N2O. The molecule has 1 fully saturated rings. The number of nitrogens with one attached hydrogen (secondary N) is 1. The van der Waals surface area contributed by atoms with E-state index in [0.717, 1.165) is 18.8 Å². The van der Waals surface area contributed by atoms with Crippen molar-refractivity contribution in [1.29, 1.82) is 0 Å². The summed E-state index contributed by atoms with van der Waals surface area (Å²) in [6, 6.07) is 5.07. The second-order valence-electron chi connectivity index (χ2n) is 4.57. The van der Waals surface area contributed by atoms with Gasteiger partial charge in [0.2, 0.25) is 0 Å². The van der Waals surface area contributed by atoms with E-state index in [1.807, 2.05) is 6.07 Å². The minimum Gasteiger partial charge on any atom is -0.468 e. The van der Waals surface area contributed by atoms with E-state index in [-0.39, 0.29) is 0 Å². The van der Waals surface area contributed by atoms with Crippen molar-refractivity contribution in [2.75, 3.05) is 19.6 Å². The van der Waals surface area contributed by atoms with Crippen LogP contribution in [0.3, 0.4) is 0 Å². The molecule has 2 heterocycles. The Bertz CT molecular complexity index is 291. The smallest absolute Gasteiger partial charge is 0.120 e. The SMILES string of the molecule is CCN(CC1CCCN1)C(C)c1ccco1. The topological polar surface area (TPSA) is 28.4 Å². The molecule has 1 N–H and O–H groups in total. The van der Waals surface area contributed by atoms with E-state index < -0.39 is 0 Å². The Morgan fingerprint density at radius 1 is 1.62 bits per heavy atom. The van der Waals surface area contributed by atoms with Crippen molar-refractivity contribution in [2.45, 2.75) is 38.8 Å². The summed E-state index contributed by atoms with van der Waals surface area (Å²) in [7, 11) is 0. The van der Waals surface area contributed by atoms with Crippen molar-refractivity contribution < 1.29 is 4.42 Å². The Balaban J connectivity index is 1.93. The van der Waals surface area contributed by atoms with Crippen molar-refractivity contribution in [2.24, 2.45) is 0 Å². The summed E-state index contributed by atoms with van der Waals surface area (Å²) in [5.74, 6) is 1.07. The van der Waals surface area contributed by atoms with Crippen LogP contribution in [0.4, 0.5) is 0 Å². The molecule has 2 rings (SSSR count). The van der Waals surface area contributed by atoms with Gasteiger partial charge in [-0.05, 0) is 45.0 Å². The third kappa shape index (κ3) is 2.66. The molecular weight excluding hydrogens is 200 g/mol. The molecule has 0 aliphatic carbocycles. The van der Waals surface area contributed by atoms with Crippen molar-refractivity contribution in [3.05, 3.63) is 24.2 Å². The van der Waals surface area contributed by atoms with Crippen LogP contribution in [0, 0.1) is 0 Å². The monoisotopic (exact) mass is 222 g/mol. The molecule has 1 aliphatic rings. The molecule has 0 aromatic carbocycles. The van der Waals surface area contributed by atoms with E-state index in [0.29, 0.717) is 12.1 Å². The molecule has 1 aromatic rings. The Morgan fingerprint density at radius 3 is 3.06 bits per heavy atom. The highest BCUT2D eigenvalue weighted by atomic mass is 16.3. The maximum Gasteiger partial charge on any atom is 0.120 e. The van der Waals surface area contributed by atoms with Gasteiger partial charge < -0.3 is 9.73 Å². The highest BCUT2D eigenvalue weighted by molar-refractivity contribution is 5.03. The lowest BCUT2D eigenvalue weighted by Gasteiger charge is -2.29. The van der Waals surface area contributed by atoms with E-state index in [9.17, 15) is 0 Å². The highest BCUT2D eigenvalue weighted by Crippen LogP contribution is 2.21. The van der Waals surface area contributed by atoms with Crippen LogP contribution in [0.5, 0.6) is 0 Å². The zero-order valence-corrected chi connectivity index (χ0v) is 10.3. The zero-order valence-electron chi connectivity index (χ0n) is 10.3. The lowest BCUT2D eigenvalue weighted by Crippen LogP contribution is -2.38. The summed E-state index contributed by atoms with van der Waals surface area (Å²) < 4.78 is 5.48. The third-order valence-electron chi connectivity index (χ3n) is 3.53. The molecule has 1 aliphatic heterocycles. The maximum atomic E-state index is 5.48. The van der Waals surface area contributed by atoms with Crippen LogP contribution in [0.2, 0.25) is 0 Å². The summed E-state index contributed by atoms with van der Waals surface area (Å²) in [6.07, 6.45) is 4.38. The van der Waals surface area contributed by atoms with Crippen molar-refractivity contribution in [3.8, 4) is 0 Å². The summed E-state index contributed by atoms with van der Waals surface area (Å²) in [5, 5.41) is 3.55. The molecule has 0 spiro atoms. The van der Waals surface area contributed by atoms with E-state index in [1.54, 1.807) is 6.26 Å². The Morgan fingerprint density at radius 2 is 2.50 bits per heavy atom. The van der Waals surface area contributed by atoms with Crippen molar-refractivity contribution >= 4 is 0 Å². The summed E-state index contributed by atoms with van der Waals surface area (Å²) >= 11 is 0. The first-order chi connectivity index (χ1) is 7.81. The van der Waals surface area contributed by atoms with Crippen LogP contribution >= 0.6 is 0 Å². The molecule has 2 unspecified atom stereocenters. The van der Waals surface area contributed by atoms with E-state index >= 15 is 0 Å². The zero-order chi connectivity index (χ0) is 11.4. The second kappa shape index (κ2) is 5.51. The number of nitrogens with zero attached hydrogens (tertiary/aromatic N) is 1. The highest BCUT2D eigenvalue weighted by Gasteiger charge is 2.22. The number of hydrogen-bond acceptors (Lipinski definition) is 3. The minimum atomic E-state index is 0.377. The number of likely N-dealkylation sites (N-methyl/N-ethyl adjacent to an activating group) is 1. The van der Waals surface area contributed by atoms with Gasteiger partial charge in [0.1, 0.15) is 5.76 Å². The summed E-state index contributed by atoms with van der Waals surface area (Å²) in [6.45, 7) is 7.81. The predicted octanol–water partition coefficient (Wildman–Crippen LogP) is 2.41. The predicted molar refractivity (Wildman–Crippen MR) is 65.4 cm³/mol. The molecule has 1 saturated heterocycles. The molecule has 0 saturated carbocycles. The van der Waals surface area contributed by atoms with Gasteiger partial charge in [0.25, 0.3) is 0 Å². The first kappa shape index (κ1) is 11.7. The average molecular weight is 222 g/mol. The third-order valence-corrected chi connectivity index (χ3v) is 3.53. The lowest BCUT2D eigenvalue weighted by atomic mass is 10.1. The molecule has 16 heavy (non-hydrogen) atoms. The van der Waals surface area contributed by atoms with Gasteiger partial charge in [-0.1, -0.05) is 6.92 Å². The molecule has 0 radical (unpaired) electrons. The minimum absolute atomic E-state index is 0.377. The van der Waals surface area contributed by atoms with Gasteiger partial charge >= 0.3 is 0 Å². The molecule has 3 heteroatoms. The molecule has 1 aromatic heterocycles. The second-order valence-corrected chi connectivity index (χ2v) is 4.57.